The maximum atomic E-state index is 9.26. The van der Waals surface area contributed by atoms with Gasteiger partial charge in [0.05, 0.1) is 18.6 Å². The smallest absolute Gasteiger partial charge is 0.119 e. The zero-order valence-corrected chi connectivity index (χ0v) is 12.2. The Morgan fingerprint density at radius 1 is 1.15 bits per heavy atom. The Labute approximate surface area is 121 Å². The molecule has 0 N–H and O–H groups in total. The molecule has 0 aromatic heterocycles. The molecular formula is C17H23NO2. The number of hydrogen-bond acceptors (Lipinski definition) is 3. The Balaban J connectivity index is 1.95. The van der Waals surface area contributed by atoms with Crippen molar-refractivity contribution in [1.29, 1.82) is 5.26 Å². The molecule has 1 saturated carbocycles. The van der Waals surface area contributed by atoms with Gasteiger partial charge < -0.3 is 9.47 Å². The van der Waals surface area contributed by atoms with Crippen molar-refractivity contribution >= 4 is 0 Å². The first kappa shape index (κ1) is 14.9. The van der Waals surface area contributed by atoms with E-state index in [1.54, 1.807) is 7.11 Å². The van der Waals surface area contributed by atoms with Crippen molar-refractivity contribution in [2.75, 3.05) is 13.7 Å². The predicted octanol–water partition coefficient (Wildman–Crippen LogP) is 3.73. The minimum absolute atomic E-state index is 0.0330. The molecule has 0 bridgehead atoms. The van der Waals surface area contributed by atoms with Crippen molar-refractivity contribution in [3.05, 3.63) is 29.8 Å². The van der Waals surface area contributed by atoms with Crippen LogP contribution in [0.4, 0.5) is 0 Å². The van der Waals surface area contributed by atoms with Gasteiger partial charge >= 0.3 is 0 Å². The van der Waals surface area contributed by atoms with E-state index in [1.165, 1.54) is 12.0 Å². The summed E-state index contributed by atoms with van der Waals surface area (Å²) >= 11 is 0. The predicted molar refractivity (Wildman–Crippen MR) is 78.6 cm³/mol. The molecule has 1 aliphatic rings. The highest BCUT2D eigenvalue weighted by molar-refractivity contribution is 5.27. The monoisotopic (exact) mass is 273 g/mol. The molecule has 1 fully saturated rings. The van der Waals surface area contributed by atoms with Crippen molar-refractivity contribution < 1.29 is 9.47 Å². The van der Waals surface area contributed by atoms with E-state index in [9.17, 15) is 5.26 Å². The average Bonchev–Trinajstić information content (AvgIpc) is 2.71. The van der Waals surface area contributed by atoms with Crippen molar-refractivity contribution in [2.24, 2.45) is 5.92 Å². The highest BCUT2D eigenvalue weighted by Gasteiger charge is 2.25. The average molecular weight is 273 g/mol. The van der Waals surface area contributed by atoms with Gasteiger partial charge in [0.25, 0.3) is 0 Å². The second-order valence-electron chi connectivity index (χ2n) is 5.42. The maximum Gasteiger partial charge on any atom is 0.119 e. The number of rotatable bonds is 5. The van der Waals surface area contributed by atoms with Gasteiger partial charge in [0, 0.05) is 7.11 Å². The summed E-state index contributed by atoms with van der Waals surface area (Å²) in [4.78, 5) is 0. The second kappa shape index (κ2) is 7.91. The van der Waals surface area contributed by atoms with E-state index in [0.717, 1.165) is 44.5 Å². The van der Waals surface area contributed by atoms with Crippen LogP contribution in [0.2, 0.25) is 0 Å². The van der Waals surface area contributed by atoms with Gasteiger partial charge in [-0.05, 0) is 43.4 Å². The highest BCUT2D eigenvalue weighted by Crippen LogP contribution is 2.27. The molecule has 0 spiro atoms. The Morgan fingerprint density at radius 2 is 1.90 bits per heavy atom. The van der Waals surface area contributed by atoms with Crippen LogP contribution in [0.15, 0.2) is 24.3 Å². The lowest BCUT2D eigenvalue weighted by atomic mass is 9.99. The first-order valence-corrected chi connectivity index (χ1v) is 7.47. The van der Waals surface area contributed by atoms with E-state index in [-0.39, 0.29) is 12.0 Å². The molecule has 20 heavy (non-hydrogen) atoms. The molecule has 0 amide bonds. The van der Waals surface area contributed by atoms with Crippen LogP contribution in [-0.2, 0) is 11.2 Å². The number of hydrogen-bond donors (Lipinski definition) is 0. The summed E-state index contributed by atoms with van der Waals surface area (Å²) in [6.45, 7) is 0.735. The summed E-state index contributed by atoms with van der Waals surface area (Å²) in [7, 11) is 1.71. The van der Waals surface area contributed by atoms with Crippen molar-refractivity contribution in [3.8, 4) is 11.8 Å². The van der Waals surface area contributed by atoms with Crippen LogP contribution in [0.1, 0.15) is 37.7 Å². The molecule has 1 aromatic carbocycles. The minimum Gasteiger partial charge on any atom is -0.489 e. The first-order chi connectivity index (χ1) is 9.83. The molecule has 2 unspecified atom stereocenters. The lowest BCUT2D eigenvalue weighted by molar-refractivity contribution is 0.152. The standard InChI is InChI=1S/C17H23NO2/c1-19-12-11-14-7-9-16(10-8-14)20-17-6-4-2-3-5-15(17)13-18/h7-10,15,17H,2-6,11-12H2,1H3. The van der Waals surface area contributed by atoms with Crippen molar-refractivity contribution in [2.45, 2.75) is 44.6 Å². The molecule has 0 radical (unpaired) electrons. The minimum atomic E-state index is 0.0330. The number of ether oxygens (including phenoxy) is 2. The van der Waals surface area contributed by atoms with E-state index in [2.05, 4.69) is 18.2 Å². The van der Waals surface area contributed by atoms with E-state index < -0.39 is 0 Å². The fraction of sp³-hybridized carbons (Fsp3) is 0.588. The van der Waals surface area contributed by atoms with E-state index in [1.807, 2.05) is 12.1 Å². The third-order valence-electron chi connectivity index (χ3n) is 3.92. The SMILES string of the molecule is COCCc1ccc(OC2CCCCCC2C#N)cc1. The van der Waals surface area contributed by atoms with Crippen molar-refractivity contribution in [3.63, 3.8) is 0 Å². The number of nitrogens with zero attached hydrogens (tertiary/aromatic N) is 1. The van der Waals surface area contributed by atoms with Crippen LogP contribution in [0.3, 0.4) is 0 Å². The van der Waals surface area contributed by atoms with Gasteiger partial charge in [0.2, 0.25) is 0 Å². The Bertz CT molecular complexity index is 435. The largest absolute Gasteiger partial charge is 0.489 e. The van der Waals surface area contributed by atoms with Gasteiger partial charge in [0.1, 0.15) is 11.9 Å². The Kier molecular flexibility index (Phi) is 5.88. The third-order valence-corrected chi connectivity index (χ3v) is 3.92. The lowest BCUT2D eigenvalue weighted by Crippen LogP contribution is -2.24. The summed E-state index contributed by atoms with van der Waals surface area (Å²) in [5.74, 6) is 0.906. The molecule has 3 heteroatoms. The molecule has 2 atom stereocenters. The number of nitriles is 1. The molecule has 2 rings (SSSR count). The summed E-state index contributed by atoms with van der Waals surface area (Å²) < 4.78 is 11.1. The molecule has 3 nitrogen and oxygen atoms in total. The molecule has 0 heterocycles. The maximum absolute atomic E-state index is 9.26. The summed E-state index contributed by atoms with van der Waals surface area (Å²) in [6.07, 6.45) is 6.45. The summed E-state index contributed by atoms with van der Waals surface area (Å²) in [6, 6.07) is 10.6. The second-order valence-corrected chi connectivity index (χ2v) is 5.42. The first-order valence-electron chi connectivity index (χ1n) is 7.47. The fourth-order valence-electron chi connectivity index (χ4n) is 2.69. The normalized spacial score (nSPS) is 22.8. The van der Waals surface area contributed by atoms with Gasteiger partial charge in [-0.2, -0.15) is 5.26 Å². The van der Waals surface area contributed by atoms with Gasteiger partial charge in [-0.1, -0.05) is 25.0 Å². The van der Waals surface area contributed by atoms with Crippen LogP contribution >= 0.6 is 0 Å². The molecule has 1 aromatic rings. The van der Waals surface area contributed by atoms with Crippen LogP contribution in [0, 0.1) is 17.2 Å². The van der Waals surface area contributed by atoms with E-state index in [0.29, 0.717) is 0 Å². The van der Waals surface area contributed by atoms with Crippen molar-refractivity contribution in [1.82, 2.24) is 0 Å². The molecule has 0 saturated heterocycles. The molecular weight excluding hydrogens is 250 g/mol. The Morgan fingerprint density at radius 3 is 2.60 bits per heavy atom. The van der Waals surface area contributed by atoms with E-state index >= 15 is 0 Å². The van der Waals surface area contributed by atoms with Crippen LogP contribution in [0.25, 0.3) is 0 Å². The molecule has 0 aliphatic heterocycles. The third kappa shape index (κ3) is 4.25. The van der Waals surface area contributed by atoms with Gasteiger partial charge in [-0.15, -0.1) is 0 Å². The lowest BCUT2D eigenvalue weighted by Gasteiger charge is -2.21. The summed E-state index contributed by atoms with van der Waals surface area (Å²) in [5, 5.41) is 9.26. The number of methoxy groups -OCH3 is 1. The zero-order valence-electron chi connectivity index (χ0n) is 12.2. The zero-order chi connectivity index (χ0) is 14.2. The van der Waals surface area contributed by atoms with Gasteiger partial charge in [-0.3, -0.25) is 0 Å². The van der Waals surface area contributed by atoms with E-state index in [4.69, 9.17) is 9.47 Å². The van der Waals surface area contributed by atoms with Crippen LogP contribution in [-0.4, -0.2) is 19.8 Å². The van der Waals surface area contributed by atoms with Gasteiger partial charge in [-0.25, -0.2) is 0 Å². The molecule has 108 valence electrons. The quantitative estimate of drug-likeness (QED) is 0.768. The number of benzene rings is 1. The van der Waals surface area contributed by atoms with Crippen LogP contribution < -0.4 is 4.74 Å². The topological polar surface area (TPSA) is 42.2 Å². The van der Waals surface area contributed by atoms with Gasteiger partial charge in [0.15, 0.2) is 0 Å². The Hall–Kier alpha value is -1.53. The summed E-state index contributed by atoms with van der Waals surface area (Å²) in [5.41, 5.74) is 1.25. The van der Waals surface area contributed by atoms with Crippen LogP contribution in [0.5, 0.6) is 5.75 Å². The fourth-order valence-corrected chi connectivity index (χ4v) is 2.69. The molecule has 1 aliphatic carbocycles. The highest BCUT2D eigenvalue weighted by atomic mass is 16.5.